The maximum absolute atomic E-state index is 12.5. The molecule has 0 fully saturated rings. The van der Waals surface area contributed by atoms with Gasteiger partial charge >= 0.3 is 12.3 Å². The second-order valence-corrected chi connectivity index (χ2v) is 4.35. The Labute approximate surface area is 114 Å². The topological polar surface area (TPSA) is 41.5 Å². The van der Waals surface area contributed by atoms with Crippen LogP contribution in [0, 0.1) is 0 Å². The molecule has 0 saturated heterocycles. The van der Waals surface area contributed by atoms with E-state index in [1.54, 1.807) is 0 Å². The van der Waals surface area contributed by atoms with Gasteiger partial charge < -0.3 is 15.2 Å². The summed E-state index contributed by atoms with van der Waals surface area (Å²) in [5.41, 5.74) is 1.00. The summed E-state index contributed by atoms with van der Waals surface area (Å²) in [7, 11) is 0. The fourth-order valence-electron chi connectivity index (χ4n) is 1.43. The average Bonchev–Trinajstić information content (AvgIpc) is 2.39. The fraction of sp³-hybridized carbons (Fsp3) is 0.538. The van der Waals surface area contributed by atoms with Crippen molar-refractivity contribution in [2.45, 2.75) is 25.0 Å². The molecule has 1 aromatic carbocycles. The van der Waals surface area contributed by atoms with E-state index < -0.39 is 31.7 Å². The molecule has 114 valence electrons. The van der Waals surface area contributed by atoms with E-state index in [1.165, 1.54) is 0 Å². The lowest BCUT2D eigenvalue weighted by molar-refractivity contribution is -0.170. The molecule has 0 radical (unpaired) electrons. The van der Waals surface area contributed by atoms with Crippen molar-refractivity contribution in [3.8, 4) is 0 Å². The minimum absolute atomic E-state index is 0.120. The van der Waals surface area contributed by atoms with Crippen LogP contribution in [0.1, 0.15) is 5.56 Å². The predicted molar refractivity (Wildman–Crippen MR) is 65.9 cm³/mol. The standard InChI is InChI=1S/C13H17F4NO2/c14-12(15)13(16,17)9-20-8-11(19)7-18-6-10-4-2-1-3-5-10/h1-5,11-12,18-19H,6-9H2/t11-/m0/s1. The second-order valence-electron chi connectivity index (χ2n) is 4.35. The molecule has 0 unspecified atom stereocenters. The molecule has 0 saturated carbocycles. The van der Waals surface area contributed by atoms with Gasteiger partial charge in [0.15, 0.2) is 0 Å². The summed E-state index contributed by atoms with van der Waals surface area (Å²) < 4.78 is 53.0. The van der Waals surface area contributed by atoms with E-state index in [1.807, 2.05) is 30.3 Å². The molecule has 0 spiro atoms. The van der Waals surface area contributed by atoms with Crippen LogP contribution in [0.25, 0.3) is 0 Å². The van der Waals surface area contributed by atoms with E-state index in [4.69, 9.17) is 0 Å². The van der Waals surface area contributed by atoms with Crippen molar-refractivity contribution in [1.29, 1.82) is 0 Å². The van der Waals surface area contributed by atoms with Gasteiger partial charge in [0.2, 0.25) is 0 Å². The van der Waals surface area contributed by atoms with Crippen LogP contribution in [0.3, 0.4) is 0 Å². The van der Waals surface area contributed by atoms with E-state index in [2.05, 4.69) is 10.1 Å². The van der Waals surface area contributed by atoms with E-state index >= 15 is 0 Å². The molecule has 0 aromatic heterocycles. The number of ether oxygens (including phenoxy) is 1. The maximum Gasteiger partial charge on any atom is 0.330 e. The number of nitrogens with one attached hydrogen (secondary N) is 1. The third-order valence-corrected chi connectivity index (χ3v) is 2.48. The van der Waals surface area contributed by atoms with Crippen molar-refractivity contribution in [2.75, 3.05) is 19.8 Å². The molecule has 1 aromatic rings. The lowest BCUT2D eigenvalue weighted by Gasteiger charge is -2.17. The first-order chi connectivity index (χ1) is 9.42. The number of aliphatic hydroxyl groups is 1. The number of halogens is 4. The minimum atomic E-state index is -4.18. The molecular weight excluding hydrogens is 278 g/mol. The normalized spacial score (nSPS) is 13.7. The van der Waals surface area contributed by atoms with E-state index in [-0.39, 0.29) is 6.54 Å². The van der Waals surface area contributed by atoms with Crippen LogP contribution in [0.2, 0.25) is 0 Å². The quantitative estimate of drug-likeness (QED) is 0.685. The first-order valence-electron chi connectivity index (χ1n) is 6.08. The highest BCUT2D eigenvalue weighted by Crippen LogP contribution is 2.22. The van der Waals surface area contributed by atoms with Crippen molar-refractivity contribution in [2.24, 2.45) is 0 Å². The van der Waals surface area contributed by atoms with E-state index in [0.717, 1.165) is 5.56 Å². The SMILES string of the molecule is O[C@@H](CNCc1ccccc1)COCC(F)(F)C(F)F. The van der Waals surface area contributed by atoms with Crippen LogP contribution in [-0.2, 0) is 11.3 Å². The molecule has 0 heterocycles. The Morgan fingerprint density at radius 2 is 1.85 bits per heavy atom. The van der Waals surface area contributed by atoms with Crippen LogP contribution in [0.5, 0.6) is 0 Å². The zero-order valence-corrected chi connectivity index (χ0v) is 10.7. The molecule has 1 atom stereocenters. The Bertz CT molecular complexity index is 376. The van der Waals surface area contributed by atoms with Crippen molar-refractivity contribution < 1.29 is 27.4 Å². The van der Waals surface area contributed by atoms with Gasteiger partial charge in [-0.15, -0.1) is 0 Å². The highest BCUT2D eigenvalue weighted by Gasteiger charge is 2.41. The summed E-state index contributed by atoms with van der Waals surface area (Å²) in [6.45, 7) is -1.20. The summed E-state index contributed by atoms with van der Waals surface area (Å²) in [6, 6.07) is 9.37. The van der Waals surface area contributed by atoms with E-state index in [0.29, 0.717) is 6.54 Å². The molecule has 0 aliphatic rings. The molecule has 0 bridgehead atoms. The predicted octanol–water partition coefficient (Wildman–Crippen LogP) is 2.05. The minimum Gasteiger partial charge on any atom is -0.389 e. The first-order valence-corrected chi connectivity index (χ1v) is 6.08. The molecular formula is C13H17F4NO2. The van der Waals surface area contributed by atoms with Crippen LogP contribution >= 0.6 is 0 Å². The Balaban J connectivity index is 2.13. The number of hydrogen-bond donors (Lipinski definition) is 2. The van der Waals surface area contributed by atoms with Crippen LogP contribution < -0.4 is 5.32 Å². The molecule has 0 aliphatic heterocycles. The van der Waals surface area contributed by atoms with Gasteiger partial charge in [-0.3, -0.25) is 0 Å². The highest BCUT2D eigenvalue weighted by molar-refractivity contribution is 5.14. The van der Waals surface area contributed by atoms with Crippen molar-refractivity contribution in [3.05, 3.63) is 35.9 Å². The molecule has 0 amide bonds. The summed E-state index contributed by atoms with van der Waals surface area (Å²) in [6.07, 6.45) is -4.80. The van der Waals surface area contributed by atoms with Crippen molar-refractivity contribution in [3.63, 3.8) is 0 Å². The largest absolute Gasteiger partial charge is 0.389 e. The number of benzene rings is 1. The van der Waals surface area contributed by atoms with Gasteiger partial charge in [-0.2, -0.15) is 8.78 Å². The Morgan fingerprint density at radius 3 is 2.45 bits per heavy atom. The number of rotatable bonds is 9. The van der Waals surface area contributed by atoms with Crippen molar-refractivity contribution >= 4 is 0 Å². The van der Waals surface area contributed by atoms with Gasteiger partial charge in [-0.05, 0) is 5.56 Å². The van der Waals surface area contributed by atoms with Gasteiger partial charge in [0.05, 0.1) is 12.7 Å². The van der Waals surface area contributed by atoms with E-state index in [9.17, 15) is 22.7 Å². The van der Waals surface area contributed by atoms with Gasteiger partial charge in [0.1, 0.15) is 6.61 Å². The third-order valence-electron chi connectivity index (χ3n) is 2.48. The molecule has 7 heteroatoms. The Hall–Kier alpha value is -1.18. The zero-order valence-electron chi connectivity index (χ0n) is 10.7. The highest BCUT2D eigenvalue weighted by atomic mass is 19.3. The fourth-order valence-corrected chi connectivity index (χ4v) is 1.43. The number of aliphatic hydroxyl groups excluding tert-OH is 1. The van der Waals surface area contributed by atoms with Gasteiger partial charge in [-0.1, -0.05) is 30.3 Å². The summed E-state index contributed by atoms with van der Waals surface area (Å²) in [5, 5.41) is 12.3. The molecule has 0 aliphatic carbocycles. The number of hydrogen-bond acceptors (Lipinski definition) is 3. The summed E-state index contributed by atoms with van der Waals surface area (Å²) in [5.74, 6) is -4.18. The average molecular weight is 295 g/mol. The molecule has 2 N–H and O–H groups in total. The third kappa shape index (κ3) is 6.31. The van der Waals surface area contributed by atoms with Crippen molar-refractivity contribution in [1.82, 2.24) is 5.32 Å². The Kier molecular flexibility index (Phi) is 6.90. The molecule has 3 nitrogen and oxygen atoms in total. The summed E-state index contributed by atoms with van der Waals surface area (Å²) in [4.78, 5) is 0. The smallest absolute Gasteiger partial charge is 0.330 e. The van der Waals surface area contributed by atoms with Crippen LogP contribution in [0.4, 0.5) is 17.6 Å². The van der Waals surface area contributed by atoms with Gasteiger partial charge in [0, 0.05) is 13.1 Å². The Morgan fingerprint density at radius 1 is 1.20 bits per heavy atom. The first kappa shape index (κ1) is 16.9. The lowest BCUT2D eigenvalue weighted by atomic mass is 10.2. The van der Waals surface area contributed by atoms with Crippen LogP contribution in [0.15, 0.2) is 30.3 Å². The maximum atomic E-state index is 12.5. The molecule has 20 heavy (non-hydrogen) atoms. The van der Waals surface area contributed by atoms with Gasteiger partial charge in [0.25, 0.3) is 0 Å². The zero-order chi connectivity index (χ0) is 15.0. The monoisotopic (exact) mass is 295 g/mol. The summed E-state index contributed by atoms with van der Waals surface area (Å²) >= 11 is 0. The lowest BCUT2D eigenvalue weighted by Crippen LogP contribution is -2.36. The van der Waals surface area contributed by atoms with Crippen LogP contribution in [-0.4, -0.2) is 43.3 Å². The molecule has 1 rings (SSSR count). The van der Waals surface area contributed by atoms with Gasteiger partial charge in [-0.25, -0.2) is 8.78 Å². The number of alkyl halides is 4. The second kappa shape index (κ2) is 8.18.